The molecule has 1 aliphatic rings. The molecule has 18 heavy (non-hydrogen) atoms. The van der Waals surface area contributed by atoms with Crippen LogP contribution in [0.25, 0.3) is 0 Å². The Morgan fingerprint density at radius 1 is 1.22 bits per heavy atom. The molecule has 0 saturated heterocycles. The Labute approximate surface area is 115 Å². The van der Waals surface area contributed by atoms with Crippen LogP contribution in [0.5, 0.6) is 0 Å². The summed E-state index contributed by atoms with van der Waals surface area (Å²) in [5.74, 6) is 0.769. The Hall–Kier alpha value is -0.0831. The van der Waals surface area contributed by atoms with Crippen molar-refractivity contribution in [3.05, 3.63) is 12.7 Å². The normalized spacial score (nSPS) is 26.1. The number of hydrogen-bond acceptors (Lipinski definition) is 1. The Morgan fingerprint density at radius 2 is 1.83 bits per heavy atom. The summed E-state index contributed by atoms with van der Waals surface area (Å²) in [6.45, 7) is 15.6. The monoisotopic (exact) mass is 268 g/mol. The van der Waals surface area contributed by atoms with Crippen LogP contribution in [0.4, 0.5) is 0 Å². The number of allylic oxidation sites excluding steroid dienone is 1. The third kappa shape index (κ3) is 4.24. The van der Waals surface area contributed by atoms with Gasteiger partial charge >= 0.3 is 0 Å². The van der Waals surface area contributed by atoms with Gasteiger partial charge in [0.25, 0.3) is 0 Å². The molecule has 0 unspecified atom stereocenters. The van der Waals surface area contributed by atoms with Gasteiger partial charge in [-0.25, -0.2) is 0 Å². The maximum atomic E-state index is 6.66. The van der Waals surface area contributed by atoms with Crippen LogP contribution < -0.4 is 0 Å². The zero-order chi connectivity index (χ0) is 13.8. The lowest BCUT2D eigenvalue weighted by atomic mass is 9.84. The molecule has 1 saturated carbocycles. The van der Waals surface area contributed by atoms with Crippen molar-refractivity contribution >= 4 is 8.32 Å². The minimum absolute atomic E-state index is 0.327. The van der Waals surface area contributed by atoms with Gasteiger partial charge in [-0.3, -0.25) is 0 Å². The molecule has 1 rings (SSSR count). The summed E-state index contributed by atoms with van der Waals surface area (Å²) in [4.78, 5) is 0. The lowest BCUT2D eigenvalue weighted by Crippen LogP contribution is -2.46. The van der Waals surface area contributed by atoms with Gasteiger partial charge in [0.15, 0.2) is 8.32 Å². The molecule has 0 heterocycles. The van der Waals surface area contributed by atoms with Crippen molar-refractivity contribution in [2.45, 2.75) is 83.5 Å². The highest BCUT2D eigenvalue weighted by Gasteiger charge is 2.40. The van der Waals surface area contributed by atoms with E-state index in [0.29, 0.717) is 11.1 Å². The molecular weight excluding hydrogens is 236 g/mol. The fraction of sp³-hybridized carbons (Fsp3) is 0.875. The summed E-state index contributed by atoms with van der Waals surface area (Å²) in [7, 11) is -1.60. The average Bonchev–Trinajstić information content (AvgIpc) is 2.26. The van der Waals surface area contributed by atoms with E-state index in [2.05, 4.69) is 46.5 Å². The fourth-order valence-corrected chi connectivity index (χ4v) is 3.97. The second-order valence-electron chi connectivity index (χ2n) is 7.33. The lowest BCUT2D eigenvalue weighted by Gasteiger charge is -2.43. The van der Waals surface area contributed by atoms with E-state index in [1.165, 1.54) is 32.1 Å². The van der Waals surface area contributed by atoms with Crippen molar-refractivity contribution in [1.29, 1.82) is 0 Å². The maximum Gasteiger partial charge on any atom is 0.192 e. The van der Waals surface area contributed by atoms with Gasteiger partial charge in [-0.1, -0.05) is 39.7 Å². The highest BCUT2D eigenvalue weighted by atomic mass is 28.4. The Balaban J connectivity index is 2.64. The van der Waals surface area contributed by atoms with E-state index in [1.54, 1.807) is 0 Å². The summed E-state index contributed by atoms with van der Waals surface area (Å²) in [6.07, 6.45) is 10.3. The van der Waals surface area contributed by atoms with E-state index >= 15 is 0 Å². The first-order valence-corrected chi connectivity index (χ1v) is 10.5. The molecule has 106 valence electrons. The van der Waals surface area contributed by atoms with E-state index in [9.17, 15) is 0 Å². The first kappa shape index (κ1) is 16.0. The molecule has 0 aromatic carbocycles. The van der Waals surface area contributed by atoms with Crippen LogP contribution in [0.2, 0.25) is 18.1 Å². The molecule has 0 aromatic rings. The molecule has 0 aliphatic heterocycles. The lowest BCUT2D eigenvalue weighted by molar-refractivity contribution is 0.0750. The van der Waals surface area contributed by atoms with Crippen LogP contribution in [-0.4, -0.2) is 14.4 Å². The molecule has 2 atom stereocenters. The smallest absolute Gasteiger partial charge is 0.192 e. The van der Waals surface area contributed by atoms with E-state index < -0.39 is 8.32 Å². The van der Waals surface area contributed by atoms with Crippen molar-refractivity contribution in [3.63, 3.8) is 0 Å². The highest BCUT2D eigenvalue weighted by molar-refractivity contribution is 6.74. The summed E-state index contributed by atoms with van der Waals surface area (Å²) in [6, 6.07) is 0. The van der Waals surface area contributed by atoms with Gasteiger partial charge in [-0.2, -0.15) is 0 Å². The van der Waals surface area contributed by atoms with E-state index in [4.69, 9.17) is 4.43 Å². The van der Waals surface area contributed by atoms with Crippen molar-refractivity contribution in [2.24, 2.45) is 5.92 Å². The van der Waals surface area contributed by atoms with Crippen LogP contribution in [0.15, 0.2) is 12.7 Å². The average molecular weight is 269 g/mol. The van der Waals surface area contributed by atoms with Crippen molar-refractivity contribution < 1.29 is 4.43 Å². The molecule has 0 N–H and O–H groups in total. The largest absolute Gasteiger partial charge is 0.414 e. The van der Waals surface area contributed by atoms with Gasteiger partial charge in [0.1, 0.15) is 0 Å². The molecule has 1 fully saturated rings. The Morgan fingerprint density at radius 3 is 2.39 bits per heavy atom. The molecular formula is C16H32OSi. The van der Waals surface area contributed by atoms with Gasteiger partial charge in [0.2, 0.25) is 0 Å². The Bertz CT molecular complexity index is 265. The van der Waals surface area contributed by atoms with E-state index in [-0.39, 0.29) is 0 Å². The van der Waals surface area contributed by atoms with Gasteiger partial charge in [0, 0.05) is 6.10 Å². The zero-order valence-electron chi connectivity index (χ0n) is 13.1. The summed E-state index contributed by atoms with van der Waals surface area (Å²) >= 11 is 0. The summed E-state index contributed by atoms with van der Waals surface area (Å²) < 4.78 is 6.66. The van der Waals surface area contributed by atoms with Crippen LogP contribution in [0.1, 0.15) is 59.3 Å². The summed E-state index contributed by atoms with van der Waals surface area (Å²) in [5.41, 5.74) is 0. The minimum atomic E-state index is -1.60. The first-order chi connectivity index (χ1) is 8.28. The SMILES string of the molecule is C=CCC[C@H]1CCCC[C@H]1O[Si](C)(C)C(C)(C)C. The van der Waals surface area contributed by atoms with Crippen molar-refractivity contribution in [1.82, 2.24) is 0 Å². The predicted molar refractivity (Wildman–Crippen MR) is 83.5 cm³/mol. The molecule has 0 amide bonds. The maximum absolute atomic E-state index is 6.66. The van der Waals surface area contributed by atoms with Gasteiger partial charge in [-0.05, 0) is 49.7 Å². The number of rotatable bonds is 5. The molecule has 0 aromatic heterocycles. The molecule has 0 radical (unpaired) electrons. The third-order valence-corrected chi connectivity index (χ3v) is 9.34. The summed E-state index contributed by atoms with van der Waals surface area (Å²) in [5, 5.41) is 0.327. The van der Waals surface area contributed by atoms with Gasteiger partial charge in [-0.15, -0.1) is 6.58 Å². The zero-order valence-corrected chi connectivity index (χ0v) is 14.1. The topological polar surface area (TPSA) is 9.23 Å². The molecule has 1 nitrogen and oxygen atoms in total. The Kier molecular flexibility index (Phi) is 5.66. The van der Waals surface area contributed by atoms with Crippen molar-refractivity contribution in [2.75, 3.05) is 0 Å². The van der Waals surface area contributed by atoms with Gasteiger partial charge < -0.3 is 4.43 Å². The van der Waals surface area contributed by atoms with E-state index in [1.807, 2.05) is 0 Å². The molecule has 0 spiro atoms. The highest BCUT2D eigenvalue weighted by Crippen LogP contribution is 2.41. The van der Waals surface area contributed by atoms with Crippen LogP contribution >= 0.6 is 0 Å². The molecule has 2 heteroatoms. The van der Waals surface area contributed by atoms with Crippen molar-refractivity contribution in [3.8, 4) is 0 Å². The minimum Gasteiger partial charge on any atom is -0.414 e. The second-order valence-corrected chi connectivity index (χ2v) is 12.1. The fourth-order valence-electron chi connectivity index (χ4n) is 2.55. The standard InChI is InChI=1S/C16H32OSi/c1-7-8-11-14-12-9-10-13-15(14)17-18(5,6)16(2,3)4/h7,14-15H,1,8-13H2,2-6H3/t14-,15+/m0/s1. The van der Waals surface area contributed by atoms with Crippen LogP contribution in [0, 0.1) is 5.92 Å². The quantitative estimate of drug-likeness (QED) is 0.470. The van der Waals surface area contributed by atoms with Crippen LogP contribution in [-0.2, 0) is 4.43 Å². The third-order valence-electron chi connectivity index (χ3n) is 4.83. The predicted octanol–water partition coefficient (Wildman–Crippen LogP) is 5.53. The van der Waals surface area contributed by atoms with E-state index in [0.717, 1.165) is 12.3 Å². The molecule has 0 bridgehead atoms. The first-order valence-electron chi connectivity index (χ1n) is 7.56. The van der Waals surface area contributed by atoms with Gasteiger partial charge in [0.05, 0.1) is 0 Å². The second kappa shape index (κ2) is 6.38. The molecule has 1 aliphatic carbocycles. The number of hydrogen-bond donors (Lipinski definition) is 0. The van der Waals surface area contributed by atoms with Crippen LogP contribution in [0.3, 0.4) is 0 Å².